The molecule has 8 heteroatoms. The molecule has 2 aromatic rings. The van der Waals surface area contributed by atoms with Crippen LogP contribution in [0.1, 0.15) is 42.3 Å². The lowest BCUT2D eigenvalue weighted by Crippen LogP contribution is -2.48. The largest absolute Gasteiger partial charge is 0.451 e. The lowest BCUT2D eigenvalue weighted by Gasteiger charge is -2.29. The Morgan fingerprint density at radius 2 is 2.04 bits per heavy atom. The molecular formula is C19H21FN2O4S. The number of nitrogens with one attached hydrogen (secondary N) is 2. The van der Waals surface area contributed by atoms with E-state index in [2.05, 4.69) is 17.6 Å². The van der Waals surface area contributed by atoms with Gasteiger partial charge < -0.3 is 10.1 Å². The molecule has 1 aliphatic rings. The average Bonchev–Trinajstić information content (AvgIpc) is 3.07. The SMILES string of the molecule is C[C@H]1CCCC[C@@H]1NC(=O)NC(=O)COC(=O)c1cc2c(F)cccc2s1. The lowest BCUT2D eigenvalue weighted by molar-refractivity contribution is -0.123. The van der Waals surface area contributed by atoms with Crippen molar-refractivity contribution in [1.82, 2.24) is 10.6 Å². The van der Waals surface area contributed by atoms with E-state index in [1.165, 1.54) is 12.1 Å². The number of amides is 3. The van der Waals surface area contributed by atoms with Gasteiger partial charge in [0.25, 0.3) is 5.91 Å². The summed E-state index contributed by atoms with van der Waals surface area (Å²) in [5.41, 5.74) is 0. The van der Waals surface area contributed by atoms with Crippen molar-refractivity contribution in [1.29, 1.82) is 0 Å². The summed E-state index contributed by atoms with van der Waals surface area (Å²) in [5.74, 6) is -1.50. The molecule has 0 saturated heterocycles. The Bertz CT molecular complexity index is 867. The van der Waals surface area contributed by atoms with Crippen LogP contribution in [0.15, 0.2) is 24.3 Å². The molecule has 0 unspecified atom stereocenters. The molecule has 6 nitrogen and oxygen atoms in total. The summed E-state index contributed by atoms with van der Waals surface area (Å²) in [6, 6.07) is 5.42. The summed E-state index contributed by atoms with van der Waals surface area (Å²) in [6.07, 6.45) is 4.14. The maximum atomic E-state index is 13.7. The van der Waals surface area contributed by atoms with E-state index in [9.17, 15) is 18.8 Å². The highest BCUT2D eigenvalue weighted by atomic mass is 32.1. The normalized spacial score (nSPS) is 19.5. The maximum absolute atomic E-state index is 13.7. The molecule has 1 aromatic heterocycles. The van der Waals surface area contributed by atoms with Gasteiger partial charge in [0, 0.05) is 16.1 Å². The first-order chi connectivity index (χ1) is 12.9. The topological polar surface area (TPSA) is 84.5 Å². The minimum absolute atomic E-state index is 0.0440. The maximum Gasteiger partial charge on any atom is 0.348 e. The van der Waals surface area contributed by atoms with Crippen LogP contribution in [0, 0.1) is 11.7 Å². The molecule has 1 fully saturated rings. The number of rotatable bonds is 4. The molecule has 3 amide bonds. The molecule has 0 radical (unpaired) electrons. The fraction of sp³-hybridized carbons (Fsp3) is 0.421. The molecular weight excluding hydrogens is 371 g/mol. The van der Waals surface area contributed by atoms with Crippen LogP contribution in [0.5, 0.6) is 0 Å². The Hall–Kier alpha value is -2.48. The van der Waals surface area contributed by atoms with E-state index in [0.717, 1.165) is 37.0 Å². The molecule has 2 N–H and O–H groups in total. The molecule has 1 aliphatic carbocycles. The molecule has 0 bridgehead atoms. The zero-order valence-corrected chi connectivity index (χ0v) is 15.7. The number of fused-ring (bicyclic) bond motifs is 1. The molecule has 1 saturated carbocycles. The Morgan fingerprint density at radius 3 is 2.78 bits per heavy atom. The number of hydrogen-bond donors (Lipinski definition) is 2. The Morgan fingerprint density at radius 1 is 1.26 bits per heavy atom. The lowest BCUT2D eigenvalue weighted by atomic mass is 9.86. The first-order valence-electron chi connectivity index (χ1n) is 8.89. The first kappa shape index (κ1) is 19.3. The zero-order chi connectivity index (χ0) is 19.4. The van der Waals surface area contributed by atoms with Crippen molar-refractivity contribution < 1.29 is 23.5 Å². The zero-order valence-electron chi connectivity index (χ0n) is 14.9. The molecule has 144 valence electrons. The molecule has 1 aromatic carbocycles. The van der Waals surface area contributed by atoms with E-state index in [-0.39, 0.29) is 10.9 Å². The van der Waals surface area contributed by atoms with Crippen molar-refractivity contribution in [3.8, 4) is 0 Å². The number of halogens is 1. The van der Waals surface area contributed by atoms with Crippen molar-refractivity contribution in [3.63, 3.8) is 0 Å². The third kappa shape index (κ3) is 4.82. The number of carbonyl (C=O) groups is 3. The van der Waals surface area contributed by atoms with Gasteiger partial charge in [0.2, 0.25) is 0 Å². The molecule has 2 atom stereocenters. The Kier molecular flexibility index (Phi) is 6.05. The fourth-order valence-corrected chi connectivity index (χ4v) is 4.19. The van der Waals surface area contributed by atoms with Crippen LogP contribution in [-0.4, -0.2) is 30.6 Å². The summed E-state index contributed by atoms with van der Waals surface area (Å²) in [5, 5.41) is 5.29. The fourth-order valence-electron chi connectivity index (χ4n) is 3.23. The van der Waals surface area contributed by atoms with Crippen molar-refractivity contribution in [3.05, 3.63) is 35.0 Å². The van der Waals surface area contributed by atoms with Crippen LogP contribution in [0.3, 0.4) is 0 Å². The number of thiophene rings is 1. The second kappa shape index (κ2) is 8.47. The van der Waals surface area contributed by atoms with Gasteiger partial charge in [-0.1, -0.05) is 25.8 Å². The Labute approximate surface area is 160 Å². The van der Waals surface area contributed by atoms with E-state index in [1.54, 1.807) is 12.1 Å². The third-order valence-electron chi connectivity index (χ3n) is 4.72. The summed E-state index contributed by atoms with van der Waals surface area (Å²) in [6.45, 7) is 1.49. The van der Waals surface area contributed by atoms with Crippen LogP contribution in [0.4, 0.5) is 9.18 Å². The number of hydrogen-bond acceptors (Lipinski definition) is 5. The summed E-state index contributed by atoms with van der Waals surface area (Å²) >= 11 is 1.08. The van der Waals surface area contributed by atoms with Gasteiger partial charge >= 0.3 is 12.0 Å². The van der Waals surface area contributed by atoms with Gasteiger partial charge in [0.05, 0.1) is 0 Å². The van der Waals surface area contributed by atoms with Gasteiger partial charge in [-0.15, -0.1) is 11.3 Å². The van der Waals surface area contributed by atoms with Crippen LogP contribution < -0.4 is 10.6 Å². The average molecular weight is 392 g/mol. The second-order valence-corrected chi connectivity index (χ2v) is 7.81. The van der Waals surface area contributed by atoms with E-state index < -0.39 is 30.3 Å². The highest BCUT2D eigenvalue weighted by Gasteiger charge is 2.23. The highest BCUT2D eigenvalue weighted by molar-refractivity contribution is 7.20. The van der Waals surface area contributed by atoms with E-state index in [0.29, 0.717) is 16.0 Å². The van der Waals surface area contributed by atoms with Gasteiger partial charge in [0.15, 0.2) is 6.61 Å². The van der Waals surface area contributed by atoms with Crippen molar-refractivity contribution in [2.24, 2.45) is 5.92 Å². The third-order valence-corrected chi connectivity index (χ3v) is 5.81. The quantitative estimate of drug-likeness (QED) is 0.779. The van der Waals surface area contributed by atoms with Gasteiger partial charge in [-0.05, 0) is 37.0 Å². The molecule has 0 aliphatic heterocycles. The summed E-state index contributed by atoms with van der Waals surface area (Å²) in [7, 11) is 0. The van der Waals surface area contributed by atoms with Crippen molar-refractivity contribution in [2.75, 3.05) is 6.61 Å². The number of ether oxygens (including phenoxy) is 1. The summed E-state index contributed by atoms with van der Waals surface area (Å²) < 4.78 is 19.2. The minimum Gasteiger partial charge on any atom is -0.451 e. The van der Waals surface area contributed by atoms with Crippen LogP contribution in [-0.2, 0) is 9.53 Å². The van der Waals surface area contributed by atoms with E-state index >= 15 is 0 Å². The van der Waals surface area contributed by atoms with Gasteiger partial charge in [0.1, 0.15) is 10.7 Å². The van der Waals surface area contributed by atoms with Gasteiger partial charge in [-0.25, -0.2) is 14.0 Å². The van der Waals surface area contributed by atoms with Crippen LogP contribution in [0.25, 0.3) is 10.1 Å². The predicted octanol–water partition coefficient (Wildman–Crippen LogP) is 3.60. The smallest absolute Gasteiger partial charge is 0.348 e. The number of esters is 1. The van der Waals surface area contributed by atoms with E-state index in [1.807, 2.05) is 0 Å². The number of carbonyl (C=O) groups excluding carboxylic acids is 3. The predicted molar refractivity (Wildman–Crippen MR) is 100 cm³/mol. The van der Waals surface area contributed by atoms with Gasteiger partial charge in [-0.2, -0.15) is 0 Å². The standard InChI is InChI=1S/C19H21FN2O4S/c1-11-5-2-3-7-14(11)21-19(25)22-17(23)10-26-18(24)16-9-12-13(20)6-4-8-15(12)27-16/h4,6,8-9,11,14H,2-3,5,7,10H2,1H3,(H2,21,22,23,25)/t11-,14-/m0/s1. The van der Waals surface area contributed by atoms with Crippen molar-refractivity contribution in [2.45, 2.75) is 38.6 Å². The highest BCUT2D eigenvalue weighted by Crippen LogP contribution is 2.28. The number of benzene rings is 1. The molecule has 1 heterocycles. The molecule has 27 heavy (non-hydrogen) atoms. The monoisotopic (exact) mass is 392 g/mol. The molecule has 0 spiro atoms. The molecule has 3 rings (SSSR count). The van der Waals surface area contributed by atoms with Crippen LogP contribution in [0.2, 0.25) is 0 Å². The van der Waals surface area contributed by atoms with Crippen molar-refractivity contribution >= 4 is 39.3 Å². The van der Waals surface area contributed by atoms with Crippen LogP contribution >= 0.6 is 11.3 Å². The first-order valence-corrected chi connectivity index (χ1v) is 9.71. The summed E-state index contributed by atoms with van der Waals surface area (Å²) in [4.78, 5) is 36.0. The van der Waals surface area contributed by atoms with Gasteiger partial charge in [-0.3, -0.25) is 10.1 Å². The Balaban J connectivity index is 1.48. The van der Waals surface area contributed by atoms with E-state index in [4.69, 9.17) is 4.74 Å². The number of imide groups is 1. The number of urea groups is 1. The minimum atomic E-state index is -0.730. The second-order valence-electron chi connectivity index (χ2n) is 6.73.